The number of hydrogen-bond acceptors (Lipinski definition) is 15. The Morgan fingerprint density at radius 1 is 0.633 bits per heavy atom. The number of ether oxygens (including phenoxy) is 8. The van der Waals surface area contributed by atoms with Crippen molar-refractivity contribution in [1.29, 1.82) is 0 Å². The van der Waals surface area contributed by atoms with E-state index in [1.165, 1.54) is 0 Å². The van der Waals surface area contributed by atoms with Gasteiger partial charge in [-0.05, 0) is 36.2 Å². The molecule has 1 heterocycles. The number of fused-ring (bicyclic) bond motifs is 2. The molecule has 2 aromatic carbocycles. The molecule has 2 aliphatic rings. The molecule has 1 aliphatic heterocycles. The van der Waals surface area contributed by atoms with E-state index < -0.39 is 17.4 Å². The third-order valence-electron chi connectivity index (χ3n) is 8.64. The summed E-state index contributed by atoms with van der Waals surface area (Å²) in [4.78, 5) is 29.4. The molecule has 2 amide bonds. The Bertz CT molecular complexity index is 1900. The highest BCUT2D eigenvalue weighted by Crippen LogP contribution is 2.38. The van der Waals surface area contributed by atoms with Crippen LogP contribution in [0.1, 0.15) is 22.3 Å². The highest BCUT2D eigenvalue weighted by molar-refractivity contribution is 6.07. The predicted molar refractivity (Wildman–Crippen MR) is 219 cm³/mol. The summed E-state index contributed by atoms with van der Waals surface area (Å²) >= 11 is 0. The molecule has 0 bridgehead atoms. The van der Waals surface area contributed by atoms with E-state index in [1.54, 1.807) is 24.3 Å². The summed E-state index contributed by atoms with van der Waals surface area (Å²) < 4.78 is 51.7. The fourth-order valence-corrected chi connectivity index (χ4v) is 5.43. The molecule has 2 aromatic rings. The number of nitrogens with zero attached hydrogens (tertiary/aromatic N) is 2. The van der Waals surface area contributed by atoms with Crippen molar-refractivity contribution in [3.63, 3.8) is 0 Å². The molecule has 18 heteroatoms. The number of hydrogen-bond donors (Lipinski definition) is 5. The number of carbonyl (C=O) groups excluding carboxylic acids is 2. The first-order chi connectivity index (χ1) is 29.2. The van der Waals surface area contributed by atoms with Gasteiger partial charge in [-0.2, -0.15) is 0 Å². The Morgan fingerprint density at radius 2 is 1.15 bits per heavy atom. The van der Waals surface area contributed by atoms with E-state index in [1.807, 2.05) is 36.9 Å². The molecular formula is C42H59N4O14+. The summed E-state index contributed by atoms with van der Waals surface area (Å²) in [5, 5.41) is 36.4. The van der Waals surface area contributed by atoms with Gasteiger partial charge in [0.15, 0.2) is 17.1 Å². The molecule has 0 unspecified atom stereocenters. The minimum atomic E-state index is -0.504. The number of benzene rings is 3. The van der Waals surface area contributed by atoms with Gasteiger partial charge in [0.25, 0.3) is 5.91 Å². The zero-order chi connectivity index (χ0) is 42.8. The number of aromatic hydroxyl groups is 3. The minimum Gasteiger partial charge on any atom is -0.508 e. The molecule has 60 heavy (non-hydrogen) atoms. The van der Waals surface area contributed by atoms with E-state index in [2.05, 4.69) is 15.6 Å². The zero-order valence-electron chi connectivity index (χ0n) is 34.5. The van der Waals surface area contributed by atoms with Gasteiger partial charge in [-0.15, -0.1) is 0 Å². The molecular weight excluding hydrogens is 784 g/mol. The third-order valence-corrected chi connectivity index (χ3v) is 8.64. The summed E-state index contributed by atoms with van der Waals surface area (Å²) in [6.07, 6.45) is 0.981. The van der Waals surface area contributed by atoms with Gasteiger partial charge in [-0.1, -0.05) is 12.1 Å². The number of amides is 2. The topological polar surface area (TPSA) is 222 Å². The Labute approximate surface area is 349 Å². The fourth-order valence-electron chi connectivity index (χ4n) is 5.43. The highest BCUT2D eigenvalue weighted by atomic mass is 16.6. The van der Waals surface area contributed by atoms with Gasteiger partial charge in [0, 0.05) is 25.6 Å². The van der Waals surface area contributed by atoms with Crippen molar-refractivity contribution in [3.8, 4) is 28.7 Å². The van der Waals surface area contributed by atoms with Crippen molar-refractivity contribution in [2.75, 3.05) is 133 Å². The number of phenols is 3. The first kappa shape index (κ1) is 47.8. The van der Waals surface area contributed by atoms with E-state index >= 15 is 0 Å². The van der Waals surface area contributed by atoms with Crippen LogP contribution in [0.25, 0.3) is 22.6 Å². The average Bonchev–Trinajstić information content (AvgIpc) is 3.24. The smallest absolute Gasteiger partial charge is 0.253 e. The van der Waals surface area contributed by atoms with Crippen LogP contribution in [0.15, 0.2) is 52.9 Å². The second-order valence-corrected chi connectivity index (χ2v) is 13.4. The van der Waals surface area contributed by atoms with E-state index in [-0.39, 0.29) is 47.9 Å². The number of nitrogens with one attached hydrogen (secondary N) is 2. The fraction of sp³-hybridized carbons (Fsp3) is 0.524. The predicted octanol–water partition coefficient (Wildman–Crippen LogP) is 1.69. The van der Waals surface area contributed by atoms with Gasteiger partial charge in [0.05, 0.1) is 117 Å². The van der Waals surface area contributed by atoms with Crippen molar-refractivity contribution in [3.05, 3.63) is 65.0 Å². The minimum absolute atomic E-state index is 0.0575. The maximum absolute atomic E-state index is 13.0. The standard InChI is InChI=1S/C42H58N4O14/c1-46(2)32-5-8-35-37(29-32)60-41-39(45-35)34(30-36(48)40(41)50)42(51)44-12-14-53-16-18-55-20-22-57-24-26-59-28-27-58-25-23-56-21-19-54-17-15-52-13-10-38(49)43-11-9-31-3-6-33(47)7-4-31/h3-8,29-30H,9-28H2,1-2H3,(H4,43,44,45,47,49,50,51)/p+1. The molecule has 18 nitrogen and oxygen atoms in total. The van der Waals surface area contributed by atoms with Gasteiger partial charge in [-0.3, -0.25) is 9.59 Å². The molecule has 0 radical (unpaired) electrons. The summed E-state index contributed by atoms with van der Waals surface area (Å²) in [7, 11) is 3.76. The Hall–Kier alpha value is -4.92. The van der Waals surface area contributed by atoms with Crippen molar-refractivity contribution >= 4 is 22.9 Å². The van der Waals surface area contributed by atoms with Crippen molar-refractivity contribution in [1.82, 2.24) is 20.2 Å². The van der Waals surface area contributed by atoms with Crippen molar-refractivity contribution < 1.29 is 67.2 Å². The molecule has 0 saturated carbocycles. The molecule has 5 N–H and O–H groups in total. The number of phenolic OH excluding ortho intramolecular Hbond substituents is 3. The third kappa shape index (κ3) is 17.7. The second kappa shape index (κ2) is 27.8. The SMILES string of the molecule is C[N+](C)=c1ccc2nc3c(C(=O)NCCOCCOCCOCCOCCOCCOCCOCCOCCC(=O)NCCc4ccc(O)cc4)cc(O)c(O)c3oc-2c1. The van der Waals surface area contributed by atoms with Crippen LogP contribution >= 0.6 is 0 Å². The van der Waals surface area contributed by atoms with E-state index in [9.17, 15) is 24.9 Å². The normalized spacial score (nSPS) is 11.4. The largest absolute Gasteiger partial charge is 0.508 e. The Kier molecular flexibility index (Phi) is 22.1. The average molecular weight is 844 g/mol. The molecule has 0 atom stereocenters. The molecule has 0 fully saturated rings. The van der Waals surface area contributed by atoms with E-state index in [4.69, 9.17) is 42.3 Å². The zero-order valence-corrected chi connectivity index (χ0v) is 34.5. The monoisotopic (exact) mass is 843 g/mol. The van der Waals surface area contributed by atoms with Crippen LogP contribution < -0.4 is 20.6 Å². The lowest BCUT2D eigenvalue weighted by Gasteiger charge is -2.12. The Morgan fingerprint density at radius 3 is 1.68 bits per heavy atom. The van der Waals surface area contributed by atoms with Gasteiger partial charge in [0.2, 0.25) is 17.0 Å². The molecule has 0 spiro atoms. The number of carbonyl (C=O) groups is 2. The van der Waals surface area contributed by atoms with Crippen molar-refractivity contribution in [2.24, 2.45) is 0 Å². The van der Waals surface area contributed by atoms with Gasteiger partial charge in [-0.25, -0.2) is 9.56 Å². The summed E-state index contributed by atoms with van der Waals surface area (Å²) in [5.74, 6) is -0.943. The van der Waals surface area contributed by atoms with Gasteiger partial charge < -0.3 is 68.3 Å². The van der Waals surface area contributed by atoms with Crippen LogP contribution in [0, 0.1) is 0 Å². The summed E-state index contributed by atoms with van der Waals surface area (Å²) in [5.41, 5.74) is 1.63. The Balaban J connectivity index is 0.869. The first-order valence-corrected chi connectivity index (χ1v) is 20.0. The summed E-state index contributed by atoms with van der Waals surface area (Å²) in [6, 6.07) is 13.4. The molecule has 0 aromatic heterocycles. The quantitative estimate of drug-likeness (QED) is 0.0211. The maximum Gasteiger partial charge on any atom is 0.253 e. The van der Waals surface area contributed by atoms with Crippen LogP contribution in [-0.4, -0.2) is 165 Å². The lowest BCUT2D eigenvalue weighted by molar-refractivity contribution is -0.122. The molecule has 0 saturated heterocycles. The van der Waals surface area contributed by atoms with Crippen LogP contribution in [0.3, 0.4) is 0 Å². The molecule has 330 valence electrons. The van der Waals surface area contributed by atoms with Crippen molar-refractivity contribution in [2.45, 2.75) is 12.8 Å². The number of aromatic nitrogens is 1. The lowest BCUT2D eigenvalue weighted by Crippen LogP contribution is -2.28. The van der Waals surface area contributed by atoms with E-state index in [0.717, 1.165) is 17.0 Å². The van der Waals surface area contributed by atoms with Gasteiger partial charge >= 0.3 is 0 Å². The highest BCUT2D eigenvalue weighted by Gasteiger charge is 2.22. The number of rotatable bonds is 31. The van der Waals surface area contributed by atoms with Crippen LogP contribution in [0.4, 0.5) is 0 Å². The van der Waals surface area contributed by atoms with Crippen LogP contribution in [-0.2, 0) is 49.1 Å². The lowest BCUT2D eigenvalue weighted by atomic mass is 10.1. The molecule has 4 rings (SSSR count). The second-order valence-electron chi connectivity index (χ2n) is 13.4. The first-order valence-electron chi connectivity index (χ1n) is 20.0. The van der Waals surface area contributed by atoms with Gasteiger partial charge in [0.1, 0.15) is 31.1 Å². The summed E-state index contributed by atoms with van der Waals surface area (Å²) in [6.45, 7) is 7.12. The van der Waals surface area contributed by atoms with Crippen LogP contribution in [0.5, 0.6) is 17.2 Å². The maximum atomic E-state index is 13.0. The van der Waals surface area contributed by atoms with Crippen LogP contribution in [0.2, 0.25) is 0 Å². The van der Waals surface area contributed by atoms with E-state index in [0.29, 0.717) is 124 Å². The molecule has 1 aliphatic carbocycles.